The summed E-state index contributed by atoms with van der Waals surface area (Å²) < 4.78 is 17.1. The third-order valence-corrected chi connectivity index (χ3v) is 9.90. The molecule has 0 bridgehead atoms. The number of unbranched alkanes of at least 4 members (excludes halogenated alkanes) is 23. The molecule has 0 fully saturated rings. The Bertz CT molecular complexity index is 869. The summed E-state index contributed by atoms with van der Waals surface area (Å²) in [5.41, 5.74) is 0. The number of nitrogens with zero attached hydrogens (tertiary/aromatic N) is 1. The van der Waals surface area contributed by atoms with Gasteiger partial charge in [0.15, 0.2) is 6.10 Å². The number of carbonyl (C=O) groups excluding carboxylic acids is 3. The van der Waals surface area contributed by atoms with Crippen LogP contribution in [0.1, 0.15) is 200 Å². The fourth-order valence-corrected chi connectivity index (χ4v) is 6.48. The van der Waals surface area contributed by atoms with Crippen LogP contribution in [0, 0.1) is 0 Å². The molecule has 306 valence electrons. The maximum atomic E-state index is 12.6. The van der Waals surface area contributed by atoms with Gasteiger partial charge in [0.25, 0.3) is 0 Å². The molecule has 0 aliphatic rings. The first-order valence-electron chi connectivity index (χ1n) is 21.7. The van der Waals surface area contributed by atoms with Crippen LogP contribution in [0.3, 0.4) is 0 Å². The first-order valence-corrected chi connectivity index (χ1v) is 21.7. The number of ether oxygens (including phenoxy) is 3. The van der Waals surface area contributed by atoms with Crippen LogP contribution in [0.15, 0.2) is 12.2 Å². The number of allylic oxidation sites excluding steroid dienone is 2. The van der Waals surface area contributed by atoms with Crippen molar-refractivity contribution in [1.29, 1.82) is 0 Å². The van der Waals surface area contributed by atoms with E-state index in [9.17, 15) is 19.5 Å². The van der Waals surface area contributed by atoms with Crippen molar-refractivity contribution in [3.63, 3.8) is 0 Å². The van der Waals surface area contributed by atoms with E-state index >= 15 is 0 Å². The van der Waals surface area contributed by atoms with Crippen LogP contribution in [-0.4, -0.2) is 75.5 Å². The van der Waals surface area contributed by atoms with Gasteiger partial charge in [-0.3, -0.25) is 9.59 Å². The van der Waals surface area contributed by atoms with Crippen molar-refractivity contribution in [3.05, 3.63) is 12.2 Å². The number of aliphatic carboxylic acids is 1. The first-order chi connectivity index (χ1) is 25.1. The molecule has 0 aliphatic carbocycles. The molecule has 0 spiro atoms. The van der Waals surface area contributed by atoms with Crippen molar-refractivity contribution in [1.82, 2.24) is 0 Å². The van der Waals surface area contributed by atoms with Crippen LogP contribution in [0.2, 0.25) is 0 Å². The molecule has 0 radical (unpaired) electrons. The van der Waals surface area contributed by atoms with Crippen molar-refractivity contribution < 1.29 is 38.2 Å². The molecule has 0 aromatic rings. The lowest BCUT2D eigenvalue weighted by Gasteiger charge is -2.34. The molecule has 0 aromatic carbocycles. The molecular formula is C44H83NO7. The predicted molar refractivity (Wildman–Crippen MR) is 213 cm³/mol. The monoisotopic (exact) mass is 738 g/mol. The van der Waals surface area contributed by atoms with Crippen molar-refractivity contribution in [3.8, 4) is 0 Å². The molecule has 8 heteroatoms. The minimum atomic E-state index is -1.12. The molecule has 2 atom stereocenters. The van der Waals surface area contributed by atoms with Crippen LogP contribution >= 0.6 is 0 Å². The topological polar surface area (TPSA) is 102 Å². The summed E-state index contributed by atoms with van der Waals surface area (Å²) in [6, 6.07) is -0.720. The maximum Gasteiger partial charge on any atom is 0.306 e. The summed E-state index contributed by atoms with van der Waals surface area (Å²) in [5.74, 6) is -1.74. The summed E-state index contributed by atoms with van der Waals surface area (Å²) in [5, 5.41) is 11.6. The average Bonchev–Trinajstić information content (AvgIpc) is 3.09. The molecule has 0 saturated carbocycles. The Balaban J connectivity index is 4.19. The predicted octanol–water partition coefficient (Wildman–Crippen LogP) is 10.2. The molecule has 0 saturated heterocycles. The molecule has 8 nitrogen and oxygen atoms in total. The third-order valence-electron chi connectivity index (χ3n) is 9.90. The van der Waals surface area contributed by atoms with Crippen LogP contribution in [0.4, 0.5) is 0 Å². The summed E-state index contributed by atoms with van der Waals surface area (Å²) in [6.07, 6.45) is 36.8. The van der Waals surface area contributed by atoms with Crippen LogP contribution in [0.5, 0.6) is 0 Å². The van der Waals surface area contributed by atoms with Gasteiger partial charge in [0.2, 0.25) is 0 Å². The van der Waals surface area contributed by atoms with Gasteiger partial charge in [-0.25, -0.2) is 0 Å². The number of likely N-dealkylation sites (N-methyl/N-ethyl adjacent to an activating group) is 1. The number of hydrogen-bond donors (Lipinski definition) is 0. The van der Waals surface area contributed by atoms with Gasteiger partial charge < -0.3 is 28.6 Å². The molecule has 0 N–H and O–H groups in total. The van der Waals surface area contributed by atoms with Gasteiger partial charge in [-0.1, -0.05) is 154 Å². The standard InChI is InChI=1S/C44H83NO7/c1-6-8-10-12-14-16-17-18-19-20-21-22-23-24-25-26-27-29-30-32-34-42(46)51-39-40(38-50-37-36-41(44(48)49)45(3,4)5)52-43(47)35-33-31-28-15-13-11-9-7-2/h21-22,40-41H,6-20,23-39H2,1-5H3/b22-21+. The molecule has 0 rings (SSSR count). The fourth-order valence-electron chi connectivity index (χ4n) is 6.48. The zero-order chi connectivity index (χ0) is 38.5. The minimum Gasteiger partial charge on any atom is -0.544 e. The van der Waals surface area contributed by atoms with Gasteiger partial charge in [0.1, 0.15) is 12.6 Å². The zero-order valence-electron chi connectivity index (χ0n) is 34.7. The summed E-state index contributed by atoms with van der Waals surface area (Å²) >= 11 is 0. The quantitative estimate of drug-likeness (QED) is 0.0268. The second kappa shape index (κ2) is 36.1. The summed E-state index contributed by atoms with van der Waals surface area (Å²) in [4.78, 5) is 36.7. The normalized spacial score (nSPS) is 13.0. The first kappa shape index (κ1) is 50.1. The van der Waals surface area contributed by atoms with E-state index in [1.54, 1.807) is 21.1 Å². The van der Waals surface area contributed by atoms with E-state index in [1.807, 2.05) is 0 Å². The van der Waals surface area contributed by atoms with Crippen molar-refractivity contribution in [2.75, 3.05) is 41.0 Å². The Morgan fingerprint density at radius 2 is 0.962 bits per heavy atom. The Morgan fingerprint density at radius 1 is 0.558 bits per heavy atom. The largest absolute Gasteiger partial charge is 0.544 e. The fraction of sp³-hybridized carbons (Fsp3) is 0.886. The van der Waals surface area contributed by atoms with Crippen molar-refractivity contribution in [2.24, 2.45) is 0 Å². The Hall–Kier alpha value is -1.93. The highest BCUT2D eigenvalue weighted by Gasteiger charge is 2.25. The molecule has 52 heavy (non-hydrogen) atoms. The molecule has 2 unspecified atom stereocenters. The van der Waals surface area contributed by atoms with E-state index in [0.29, 0.717) is 12.8 Å². The van der Waals surface area contributed by atoms with Crippen molar-refractivity contribution in [2.45, 2.75) is 212 Å². The Kier molecular flexibility index (Phi) is 34.7. The Morgan fingerprint density at radius 3 is 1.38 bits per heavy atom. The molecule has 0 amide bonds. The van der Waals surface area contributed by atoms with Gasteiger partial charge in [-0.05, 0) is 38.5 Å². The minimum absolute atomic E-state index is 0.0441. The Labute approximate surface area is 320 Å². The van der Waals surface area contributed by atoms with Crippen molar-refractivity contribution >= 4 is 17.9 Å². The lowest BCUT2D eigenvalue weighted by atomic mass is 10.1. The number of quaternary nitrogens is 1. The lowest BCUT2D eigenvalue weighted by Crippen LogP contribution is -2.55. The average molecular weight is 738 g/mol. The number of rotatable bonds is 39. The second-order valence-corrected chi connectivity index (χ2v) is 15.9. The SMILES string of the molecule is CCCCCCCCCCC/C=C/CCCCCCCCCC(=O)OCC(COCCC(C(=O)[O-])[N+](C)(C)C)OC(=O)CCCCCCCCCC. The van der Waals surface area contributed by atoms with Gasteiger partial charge in [-0.2, -0.15) is 0 Å². The van der Waals surface area contributed by atoms with Gasteiger partial charge in [0, 0.05) is 19.3 Å². The number of esters is 2. The maximum absolute atomic E-state index is 12.6. The van der Waals surface area contributed by atoms with E-state index < -0.39 is 18.1 Å². The molecule has 0 heterocycles. The zero-order valence-corrected chi connectivity index (χ0v) is 34.7. The van der Waals surface area contributed by atoms with E-state index in [0.717, 1.165) is 38.5 Å². The van der Waals surface area contributed by atoms with E-state index in [1.165, 1.54) is 128 Å². The summed E-state index contributed by atoms with van der Waals surface area (Å²) in [7, 11) is 5.40. The number of hydrogen-bond acceptors (Lipinski definition) is 7. The lowest BCUT2D eigenvalue weighted by molar-refractivity contribution is -0.889. The van der Waals surface area contributed by atoms with E-state index in [-0.39, 0.29) is 42.7 Å². The smallest absolute Gasteiger partial charge is 0.306 e. The third kappa shape index (κ3) is 33.9. The van der Waals surface area contributed by atoms with Gasteiger partial charge in [0.05, 0.1) is 40.3 Å². The number of carbonyl (C=O) groups is 3. The number of carboxylic acids is 1. The van der Waals surface area contributed by atoms with E-state index in [2.05, 4.69) is 26.0 Å². The molecule has 0 aliphatic heterocycles. The highest BCUT2D eigenvalue weighted by atomic mass is 16.6. The summed E-state index contributed by atoms with van der Waals surface area (Å²) in [6.45, 7) is 4.64. The van der Waals surface area contributed by atoms with Gasteiger partial charge in [-0.15, -0.1) is 0 Å². The number of carboxylic acid groups (broad SMARTS) is 1. The van der Waals surface area contributed by atoms with Crippen LogP contribution < -0.4 is 5.11 Å². The van der Waals surface area contributed by atoms with E-state index in [4.69, 9.17) is 14.2 Å². The van der Waals surface area contributed by atoms with Gasteiger partial charge >= 0.3 is 11.9 Å². The highest BCUT2D eigenvalue weighted by Crippen LogP contribution is 2.14. The van der Waals surface area contributed by atoms with Crippen LogP contribution in [0.25, 0.3) is 0 Å². The van der Waals surface area contributed by atoms with Crippen LogP contribution in [-0.2, 0) is 28.6 Å². The molecular weight excluding hydrogens is 654 g/mol. The highest BCUT2D eigenvalue weighted by molar-refractivity contribution is 5.70. The second-order valence-electron chi connectivity index (χ2n) is 15.9. The molecule has 0 aromatic heterocycles.